The Hall–Kier alpha value is -3.46. The Bertz CT molecular complexity index is 1310. The molecule has 0 spiro atoms. The number of nitrogens with one attached hydrogen (secondary N) is 1. The lowest BCUT2D eigenvalue weighted by Crippen LogP contribution is -2.44. The number of fused-ring (bicyclic) bond motifs is 2. The smallest absolute Gasteiger partial charge is 0.409 e. The summed E-state index contributed by atoms with van der Waals surface area (Å²) in [4.78, 5) is 43.4. The number of hydrogen-bond donors (Lipinski definition) is 1. The van der Waals surface area contributed by atoms with Crippen molar-refractivity contribution in [3.63, 3.8) is 0 Å². The first kappa shape index (κ1) is 22.3. The van der Waals surface area contributed by atoms with Gasteiger partial charge in [0.2, 0.25) is 5.91 Å². The van der Waals surface area contributed by atoms with Gasteiger partial charge < -0.3 is 19.5 Å². The van der Waals surface area contributed by atoms with Crippen LogP contribution < -0.4 is 5.32 Å². The molecule has 2 amide bonds. The van der Waals surface area contributed by atoms with E-state index in [9.17, 15) is 18.8 Å². The maximum absolute atomic E-state index is 14.0. The average molecular weight is 485 g/mol. The summed E-state index contributed by atoms with van der Waals surface area (Å²) < 4.78 is 21.3. The molecule has 1 N–H and O–H groups in total. The zero-order valence-corrected chi connectivity index (χ0v) is 19.1. The summed E-state index contributed by atoms with van der Waals surface area (Å²) in [5.74, 6) is -0.607. The van der Waals surface area contributed by atoms with Crippen molar-refractivity contribution in [1.82, 2.24) is 19.8 Å². The van der Waals surface area contributed by atoms with Gasteiger partial charge in [-0.1, -0.05) is 23.7 Å². The Morgan fingerprint density at radius 1 is 1.26 bits per heavy atom. The number of hydrogen-bond acceptors (Lipinski definition) is 5. The predicted molar refractivity (Wildman–Crippen MR) is 122 cm³/mol. The monoisotopic (exact) mass is 484 g/mol. The van der Waals surface area contributed by atoms with E-state index < -0.39 is 18.1 Å². The second-order valence-electron chi connectivity index (χ2n) is 8.65. The van der Waals surface area contributed by atoms with Gasteiger partial charge in [-0.3, -0.25) is 14.6 Å². The van der Waals surface area contributed by atoms with Crippen molar-refractivity contribution in [3.8, 4) is 0 Å². The molecule has 0 bridgehead atoms. The van der Waals surface area contributed by atoms with Crippen LogP contribution in [0.15, 0.2) is 42.9 Å². The van der Waals surface area contributed by atoms with Crippen LogP contribution in [-0.4, -0.2) is 44.5 Å². The largest absolute Gasteiger partial charge is 0.425 e. The molecule has 2 aromatic heterocycles. The molecule has 10 heteroatoms. The van der Waals surface area contributed by atoms with E-state index >= 15 is 0 Å². The van der Waals surface area contributed by atoms with Gasteiger partial charge in [-0.25, -0.2) is 9.18 Å². The van der Waals surface area contributed by atoms with Crippen LogP contribution >= 0.6 is 11.6 Å². The SMILES string of the molecule is CC(=O)c1cn(CC(=O)N2[C@@H](OC(=O)NCc3cccc(Cl)c3F)C[C@H]3C[C@H]32)c2cnccc12. The van der Waals surface area contributed by atoms with Gasteiger partial charge in [-0.05, 0) is 31.4 Å². The van der Waals surface area contributed by atoms with E-state index in [0.29, 0.717) is 23.4 Å². The summed E-state index contributed by atoms with van der Waals surface area (Å²) >= 11 is 5.78. The zero-order valence-electron chi connectivity index (χ0n) is 18.3. The number of nitrogens with zero attached hydrogens (tertiary/aromatic N) is 3. The molecule has 3 atom stereocenters. The highest BCUT2D eigenvalue weighted by Crippen LogP contribution is 2.48. The minimum absolute atomic E-state index is 0.00605. The highest BCUT2D eigenvalue weighted by Gasteiger charge is 2.55. The molecule has 8 nitrogen and oxygen atoms in total. The summed E-state index contributed by atoms with van der Waals surface area (Å²) in [7, 11) is 0. The molecule has 3 heterocycles. The van der Waals surface area contributed by atoms with Gasteiger partial charge in [0, 0.05) is 47.9 Å². The van der Waals surface area contributed by atoms with E-state index in [1.165, 1.54) is 19.1 Å². The third kappa shape index (κ3) is 4.11. The number of benzene rings is 1. The fourth-order valence-corrected chi connectivity index (χ4v) is 4.85. The van der Waals surface area contributed by atoms with Crippen LogP contribution in [0.4, 0.5) is 9.18 Å². The van der Waals surface area contributed by atoms with Crippen molar-refractivity contribution in [2.75, 3.05) is 0 Å². The number of carbonyl (C=O) groups is 3. The average Bonchev–Trinajstić information content (AvgIpc) is 3.31. The molecule has 0 radical (unpaired) electrons. The Balaban J connectivity index is 1.27. The molecule has 34 heavy (non-hydrogen) atoms. The Labute approximate surface area is 199 Å². The van der Waals surface area contributed by atoms with Crippen LogP contribution in [-0.2, 0) is 22.6 Å². The van der Waals surface area contributed by atoms with Gasteiger partial charge in [0.15, 0.2) is 12.0 Å². The summed E-state index contributed by atoms with van der Waals surface area (Å²) in [5.41, 5.74) is 1.45. The number of piperidine rings is 1. The molecule has 1 aromatic carbocycles. The molecule has 2 fully saturated rings. The first-order valence-corrected chi connectivity index (χ1v) is 11.3. The number of ketones is 1. The molecule has 0 unspecified atom stereocenters. The van der Waals surface area contributed by atoms with Crippen LogP contribution in [0.1, 0.15) is 35.7 Å². The van der Waals surface area contributed by atoms with Crippen molar-refractivity contribution in [3.05, 3.63) is 64.8 Å². The molecule has 1 saturated carbocycles. The van der Waals surface area contributed by atoms with Crippen LogP contribution in [0, 0.1) is 11.7 Å². The molecule has 176 valence electrons. The number of carbonyl (C=O) groups excluding carboxylic acids is 3. The van der Waals surface area contributed by atoms with Crippen molar-refractivity contribution < 1.29 is 23.5 Å². The number of Topliss-reactive ketones (excluding diaryl/α,β-unsaturated/α-hetero) is 1. The number of alkyl carbamates (subject to hydrolysis) is 1. The predicted octanol–water partition coefficient (Wildman–Crippen LogP) is 3.90. The van der Waals surface area contributed by atoms with Gasteiger partial charge in [-0.15, -0.1) is 0 Å². The number of ether oxygens (including phenoxy) is 1. The van der Waals surface area contributed by atoms with Crippen molar-refractivity contribution >= 4 is 40.3 Å². The standard InChI is InChI=1S/C24H22ClFN4O4/c1-13(31)17-11-29(20-10-27-6-5-16(17)20)12-21(32)30-19-7-15(19)8-22(30)34-24(33)28-9-14-3-2-4-18(25)23(14)26/h2-6,10-11,15,19,22H,7-9,12H2,1H3,(H,28,33)/t15-,19-,22+/m1/s1. The number of pyridine rings is 1. The minimum atomic E-state index is -0.738. The molecule has 2 aliphatic rings. The van der Waals surface area contributed by atoms with Crippen LogP contribution in [0.2, 0.25) is 5.02 Å². The number of likely N-dealkylation sites (tertiary alicyclic amines) is 1. The van der Waals surface area contributed by atoms with Crippen LogP contribution in [0.5, 0.6) is 0 Å². The highest BCUT2D eigenvalue weighted by molar-refractivity contribution is 6.30. The quantitative estimate of drug-likeness (QED) is 0.535. The summed E-state index contributed by atoms with van der Waals surface area (Å²) in [6.07, 6.45) is 4.87. The van der Waals surface area contributed by atoms with Gasteiger partial charge in [0.1, 0.15) is 12.4 Å². The van der Waals surface area contributed by atoms with Crippen LogP contribution in [0.3, 0.4) is 0 Å². The second-order valence-corrected chi connectivity index (χ2v) is 9.05. The first-order chi connectivity index (χ1) is 16.3. The Kier molecular flexibility index (Phi) is 5.73. The molecule has 3 aromatic rings. The summed E-state index contributed by atoms with van der Waals surface area (Å²) in [6, 6.07) is 6.32. The normalized spacial score (nSPS) is 20.8. The lowest BCUT2D eigenvalue weighted by molar-refractivity contribution is -0.140. The maximum Gasteiger partial charge on any atom is 0.409 e. The van der Waals surface area contributed by atoms with E-state index in [-0.39, 0.29) is 41.4 Å². The molecule has 1 saturated heterocycles. The fourth-order valence-electron chi connectivity index (χ4n) is 4.66. The van der Waals surface area contributed by atoms with Crippen LogP contribution in [0.25, 0.3) is 10.9 Å². The van der Waals surface area contributed by atoms with Crippen molar-refractivity contribution in [2.45, 2.75) is 45.1 Å². The molecule has 1 aliphatic heterocycles. The van der Waals surface area contributed by atoms with E-state index in [1.807, 2.05) is 0 Å². The Morgan fingerprint density at radius 3 is 2.88 bits per heavy atom. The second kappa shape index (κ2) is 8.72. The van der Waals surface area contributed by atoms with Gasteiger partial charge in [0.25, 0.3) is 0 Å². The topological polar surface area (TPSA) is 93.5 Å². The van der Waals surface area contributed by atoms with Crippen molar-refractivity contribution in [1.29, 1.82) is 0 Å². The third-order valence-electron chi connectivity index (χ3n) is 6.41. The molecular formula is C24H22ClFN4O4. The van der Waals surface area contributed by atoms with E-state index in [1.54, 1.807) is 40.2 Å². The van der Waals surface area contributed by atoms with Crippen molar-refractivity contribution in [2.24, 2.45) is 5.92 Å². The fraction of sp³-hybridized carbons (Fsp3) is 0.333. The Morgan fingerprint density at radius 2 is 2.09 bits per heavy atom. The van der Waals surface area contributed by atoms with E-state index in [4.69, 9.17) is 16.3 Å². The minimum Gasteiger partial charge on any atom is -0.425 e. The van der Waals surface area contributed by atoms with E-state index in [0.717, 1.165) is 11.8 Å². The zero-order chi connectivity index (χ0) is 24.0. The first-order valence-electron chi connectivity index (χ1n) is 11.0. The van der Waals surface area contributed by atoms with Gasteiger partial charge >= 0.3 is 6.09 Å². The maximum atomic E-state index is 14.0. The van der Waals surface area contributed by atoms with Gasteiger partial charge in [-0.2, -0.15) is 0 Å². The summed E-state index contributed by atoms with van der Waals surface area (Å²) in [5, 5.41) is 3.23. The number of aromatic nitrogens is 2. The molecular weight excluding hydrogens is 463 g/mol. The lowest BCUT2D eigenvalue weighted by Gasteiger charge is -2.27. The van der Waals surface area contributed by atoms with Gasteiger partial charge in [0.05, 0.1) is 16.7 Å². The third-order valence-corrected chi connectivity index (χ3v) is 6.70. The molecule has 1 aliphatic carbocycles. The molecule has 5 rings (SSSR count). The summed E-state index contributed by atoms with van der Waals surface area (Å²) in [6.45, 7) is 1.39. The number of amides is 2. The number of rotatable bonds is 6. The lowest BCUT2D eigenvalue weighted by atomic mass is 10.1. The van der Waals surface area contributed by atoms with E-state index in [2.05, 4.69) is 10.3 Å². The highest BCUT2D eigenvalue weighted by atomic mass is 35.5. The number of halogens is 2.